The van der Waals surface area contributed by atoms with E-state index in [1.807, 2.05) is 58.0 Å². The maximum Gasteiger partial charge on any atom is 0.320 e. The lowest BCUT2D eigenvalue weighted by Crippen LogP contribution is -2.30. The number of aliphatic imine (C=N–C) groups is 1. The minimum absolute atomic E-state index is 0.0129. The summed E-state index contributed by atoms with van der Waals surface area (Å²) in [6, 6.07) is 7.06. The molecule has 0 radical (unpaired) electrons. The lowest BCUT2D eigenvalue weighted by atomic mass is 9.98. The number of carbonyl (C=O) groups is 3. The lowest BCUT2D eigenvalue weighted by Gasteiger charge is -2.05. The number of carboxylic acids is 3. The molecule has 0 saturated heterocycles. The Morgan fingerprint density at radius 3 is 1.61 bits per heavy atom. The second-order valence-corrected chi connectivity index (χ2v) is 13.1. The van der Waals surface area contributed by atoms with Gasteiger partial charge in [-0.15, -0.1) is 0 Å². The third-order valence-corrected chi connectivity index (χ3v) is 9.50. The molecular weight excluding hydrogens is 688 g/mol. The van der Waals surface area contributed by atoms with E-state index in [1.54, 1.807) is 0 Å². The lowest BCUT2D eigenvalue weighted by molar-refractivity contribution is -0.139. The maximum atomic E-state index is 11.5. The Balaban J connectivity index is 0.000000467. The molecule has 0 aromatic carbocycles. The molecule has 0 unspecified atom stereocenters. The number of carboxylic acid groups (broad SMARTS) is 3. The monoisotopic (exact) mass is 736 g/mol. The number of nitrogens with one attached hydrogen (secondary N) is 2. The number of aromatic amines is 2. The minimum atomic E-state index is -1.00. The number of H-pyrrole nitrogens is 2. The van der Waals surface area contributed by atoms with Gasteiger partial charge in [0.15, 0.2) is 5.96 Å². The summed E-state index contributed by atoms with van der Waals surface area (Å²) in [6.07, 6.45) is 5.15. The Kier molecular flexibility index (Phi) is 13.1. The van der Waals surface area contributed by atoms with Crippen molar-refractivity contribution in [3.8, 4) is 0 Å². The Labute approximate surface area is 313 Å². The molecule has 5 rings (SSSR count). The van der Waals surface area contributed by atoms with Crippen LogP contribution in [-0.2, 0) is 14.4 Å². The Bertz CT molecular complexity index is 2270. The number of aryl methyl sites for hydroxylation is 2. The molecule has 14 heteroatoms. The quantitative estimate of drug-likeness (QED) is 0.0551. The zero-order chi connectivity index (χ0) is 39.9. The van der Waals surface area contributed by atoms with Crippen LogP contribution in [0.4, 0.5) is 0 Å². The summed E-state index contributed by atoms with van der Waals surface area (Å²) in [7, 11) is 0. The van der Waals surface area contributed by atoms with Gasteiger partial charge in [0.05, 0.1) is 22.8 Å². The summed E-state index contributed by atoms with van der Waals surface area (Å²) < 4.78 is 0. The van der Waals surface area contributed by atoms with Crippen LogP contribution in [0.15, 0.2) is 42.4 Å². The number of nitrogens with two attached hydrogens (primary N) is 3. The first-order valence-electron chi connectivity index (χ1n) is 17.4. The first-order valence-corrected chi connectivity index (χ1v) is 17.4. The maximum absolute atomic E-state index is 11.5. The van der Waals surface area contributed by atoms with Crippen LogP contribution in [0, 0.1) is 13.8 Å². The summed E-state index contributed by atoms with van der Waals surface area (Å²) in [6.45, 7) is 16.5. The highest BCUT2D eigenvalue weighted by atomic mass is 16.4. The van der Waals surface area contributed by atoms with Gasteiger partial charge in [0.25, 0.3) is 0 Å². The Hall–Kier alpha value is -6.28. The fraction of sp³-hybridized carbons (Fsp3) is 0.300. The van der Waals surface area contributed by atoms with E-state index in [0.29, 0.717) is 43.6 Å². The zero-order valence-corrected chi connectivity index (χ0v) is 31.0. The van der Waals surface area contributed by atoms with Crippen LogP contribution in [0.5, 0.6) is 0 Å². The molecule has 54 heavy (non-hydrogen) atoms. The van der Waals surface area contributed by atoms with E-state index < -0.39 is 23.9 Å². The largest absolute Gasteiger partial charge is 0.481 e. The van der Waals surface area contributed by atoms with Crippen molar-refractivity contribution in [2.75, 3.05) is 6.54 Å². The number of nitrogens with zero attached hydrogens (tertiary/aromatic N) is 3. The molecule has 1 atom stereocenters. The Morgan fingerprint density at radius 2 is 1.19 bits per heavy atom. The molecule has 284 valence electrons. The van der Waals surface area contributed by atoms with Gasteiger partial charge in [-0.2, -0.15) is 0 Å². The van der Waals surface area contributed by atoms with Crippen molar-refractivity contribution in [3.63, 3.8) is 0 Å². The molecule has 8 bridgehead atoms. The SMILES string of the molecule is C=Cc1c(C)c2cc3[nH]c(cc4nc(cc5nc(cc1[nH]2)C(C)=C5CCC(=O)O)C(CCC(=O)O)=C4C)c(C)c3C=C.NC(N)=NCCC[C@H](N)C(=O)O. The minimum Gasteiger partial charge on any atom is -0.481 e. The Morgan fingerprint density at radius 1 is 0.741 bits per heavy atom. The van der Waals surface area contributed by atoms with Gasteiger partial charge in [0.1, 0.15) is 6.04 Å². The van der Waals surface area contributed by atoms with Gasteiger partial charge in [0.2, 0.25) is 0 Å². The van der Waals surface area contributed by atoms with Crippen LogP contribution < -0.4 is 17.2 Å². The molecule has 2 aliphatic rings. The van der Waals surface area contributed by atoms with E-state index in [9.17, 15) is 24.6 Å². The van der Waals surface area contributed by atoms with Crippen molar-refractivity contribution in [3.05, 3.63) is 82.5 Å². The first kappa shape index (κ1) is 40.5. The van der Waals surface area contributed by atoms with Gasteiger partial charge in [-0.25, -0.2) is 9.97 Å². The van der Waals surface area contributed by atoms with E-state index in [4.69, 9.17) is 32.3 Å². The van der Waals surface area contributed by atoms with E-state index in [-0.39, 0.29) is 18.8 Å². The molecule has 3 aromatic rings. The van der Waals surface area contributed by atoms with Crippen LogP contribution in [0.3, 0.4) is 0 Å². The van der Waals surface area contributed by atoms with Crippen molar-refractivity contribution in [1.82, 2.24) is 19.9 Å². The van der Waals surface area contributed by atoms with Gasteiger partial charge < -0.3 is 42.5 Å². The van der Waals surface area contributed by atoms with Crippen molar-refractivity contribution < 1.29 is 29.7 Å². The average Bonchev–Trinajstić information content (AvgIpc) is 3.77. The van der Waals surface area contributed by atoms with E-state index >= 15 is 0 Å². The van der Waals surface area contributed by atoms with Crippen LogP contribution in [0.25, 0.3) is 56.5 Å². The van der Waals surface area contributed by atoms with E-state index in [1.165, 1.54) is 0 Å². The molecular formula is C40H48N8O6. The van der Waals surface area contributed by atoms with Crippen LogP contribution in [0.2, 0.25) is 0 Å². The number of fused-ring (bicyclic) bond motifs is 8. The molecule has 0 amide bonds. The highest BCUT2D eigenvalue weighted by Gasteiger charge is 2.23. The van der Waals surface area contributed by atoms with E-state index in [2.05, 4.69) is 34.2 Å². The molecule has 2 aliphatic heterocycles. The molecule has 14 nitrogen and oxygen atoms in total. The van der Waals surface area contributed by atoms with Crippen molar-refractivity contribution in [2.24, 2.45) is 22.2 Å². The smallest absolute Gasteiger partial charge is 0.320 e. The van der Waals surface area contributed by atoms with Gasteiger partial charge >= 0.3 is 17.9 Å². The first-order chi connectivity index (χ1) is 25.6. The molecule has 11 N–H and O–H groups in total. The normalized spacial score (nSPS) is 12.8. The molecule has 5 heterocycles. The fourth-order valence-electron chi connectivity index (χ4n) is 6.41. The van der Waals surface area contributed by atoms with Gasteiger partial charge in [-0.1, -0.05) is 25.3 Å². The predicted molar refractivity (Wildman–Crippen MR) is 215 cm³/mol. The van der Waals surface area contributed by atoms with Crippen LogP contribution in [0.1, 0.15) is 97.4 Å². The topological polar surface area (TPSA) is 260 Å². The second-order valence-electron chi connectivity index (χ2n) is 13.1. The molecule has 0 aliphatic carbocycles. The summed E-state index contributed by atoms with van der Waals surface area (Å²) in [5.41, 5.74) is 29.0. The van der Waals surface area contributed by atoms with Crippen molar-refractivity contribution >= 4 is 80.4 Å². The number of aliphatic carboxylic acids is 3. The second kappa shape index (κ2) is 17.5. The summed E-state index contributed by atoms with van der Waals surface area (Å²) in [4.78, 5) is 53.9. The molecule has 3 aromatic heterocycles. The highest BCUT2D eigenvalue weighted by Crippen LogP contribution is 2.38. The molecule has 0 fully saturated rings. The third kappa shape index (κ3) is 9.38. The molecule has 0 saturated carbocycles. The average molecular weight is 737 g/mol. The number of aromatic nitrogens is 4. The van der Waals surface area contributed by atoms with Crippen LogP contribution in [-0.4, -0.2) is 71.7 Å². The number of hydrogen-bond acceptors (Lipinski definition) is 7. The van der Waals surface area contributed by atoms with Crippen molar-refractivity contribution in [2.45, 2.75) is 72.3 Å². The standard InChI is InChI=1S/C34H34N4O4.C6H14N4O2/c1-7-21-17(3)25-13-26-19(5)23(9-11-33(39)40)31(37-26)16-32-24(10-12-34(41)42)20(6)28(38-32)15-30-22(8-2)18(4)27(36-30)14-29(21)35-25;7-4(5(11)12)2-1-3-10-6(8)9/h7-8,13-16,35-36H,1-2,9-12H2,3-6H3,(H,39,40)(H,41,42);4H,1-3,7H2,(H,11,12)(H4,8,9,10)/t;4-/m.0/s1. The van der Waals surface area contributed by atoms with Crippen molar-refractivity contribution in [1.29, 1.82) is 0 Å². The number of hydrogen-bond donors (Lipinski definition) is 8. The van der Waals surface area contributed by atoms with Gasteiger partial charge in [0, 0.05) is 52.6 Å². The van der Waals surface area contributed by atoms with Gasteiger partial charge in [-0.05, 0) is 111 Å². The fourth-order valence-corrected chi connectivity index (χ4v) is 6.41. The zero-order valence-electron chi connectivity index (χ0n) is 31.0. The summed E-state index contributed by atoms with van der Waals surface area (Å²) in [5, 5.41) is 27.3. The molecule has 0 spiro atoms. The highest BCUT2D eigenvalue weighted by molar-refractivity contribution is 5.97. The summed E-state index contributed by atoms with van der Waals surface area (Å²) >= 11 is 0. The van der Waals surface area contributed by atoms with Crippen LogP contribution >= 0.6 is 0 Å². The predicted octanol–water partition coefficient (Wildman–Crippen LogP) is 6.26. The summed E-state index contributed by atoms with van der Waals surface area (Å²) in [5.74, 6) is -2.76. The van der Waals surface area contributed by atoms with Gasteiger partial charge in [-0.3, -0.25) is 19.4 Å². The number of guanidine groups is 1. The third-order valence-electron chi connectivity index (χ3n) is 9.50. The number of rotatable bonds is 13. The van der Waals surface area contributed by atoms with E-state index in [0.717, 1.165) is 78.0 Å². The number of allylic oxidation sites excluding steroid dienone is 4.